The van der Waals surface area contributed by atoms with Crippen molar-refractivity contribution in [2.75, 3.05) is 13.2 Å². The van der Waals surface area contributed by atoms with Crippen LogP contribution in [0.2, 0.25) is 0 Å². The molecule has 0 radical (unpaired) electrons. The van der Waals surface area contributed by atoms with Gasteiger partial charge in [0, 0.05) is 12.8 Å². The highest BCUT2D eigenvalue weighted by Gasteiger charge is 2.51. The summed E-state index contributed by atoms with van der Waals surface area (Å²) in [7, 11) is -5.12. The largest absolute Gasteiger partial charge is 0.472 e. The molecule has 1 fully saturated rings. The first-order chi connectivity index (χ1) is 31.9. The van der Waals surface area contributed by atoms with Gasteiger partial charge in [0.05, 0.1) is 6.61 Å². The summed E-state index contributed by atoms with van der Waals surface area (Å²) >= 11 is 0. The molecule has 0 spiro atoms. The highest BCUT2D eigenvalue weighted by molar-refractivity contribution is 7.47. The smallest absolute Gasteiger partial charge is 0.462 e. The summed E-state index contributed by atoms with van der Waals surface area (Å²) in [5.74, 6) is -1.09. The molecule has 14 heteroatoms. The number of hydrogen-bond acceptors (Lipinski definition) is 12. The first-order valence-electron chi connectivity index (χ1n) is 26.6. The summed E-state index contributed by atoms with van der Waals surface area (Å²) in [4.78, 5) is 35.9. The molecule has 0 saturated heterocycles. The molecule has 0 bridgehead atoms. The number of aliphatic hydroxyl groups excluding tert-OH is 5. The van der Waals surface area contributed by atoms with E-state index in [1.807, 2.05) is 0 Å². The van der Waals surface area contributed by atoms with Crippen LogP contribution in [0, 0.1) is 0 Å². The van der Waals surface area contributed by atoms with E-state index in [0.29, 0.717) is 12.8 Å². The fourth-order valence-corrected chi connectivity index (χ4v) is 9.23. The van der Waals surface area contributed by atoms with E-state index >= 15 is 0 Å². The zero-order valence-electron chi connectivity index (χ0n) is 41.5. The van der Waals surface area contributed by atoms with Crippen molar-refractivity contribution in [3.05, 3.63) is 24.3 Å². The number of phosphoric ester groups is 1. The number of allylic oxidation sites excluding steroid dienone is 4. The number of phosphoric acid groups is 1. The van der Waals surface area contributed by atoms with Crippen LogP contribution in [-0.4, -0.2) is 98.3 Å². The van der Waals surface area contributed by atoms with Crippen molar-refractivity contribution in [1.29, 1.82) is 0 Å². The third-order valence-electron chi connectivity index (χ3n) is 12.5. The van der Waals surface area contributed by atoms with E-state index in [2.05, 4.69) is 38.2 Å². The standard InChI is InChI=1S/C52H97O13P/c1-3-5-7-9-11-13-15-17-19-21-22-23-24-25-27-29-31-33-35-37-39-41-46(54)64-44(43-63-66(60,61)65-52-50(58)48(56)47(55)49(57)51(52)59)42-62-45(53)40-38-36-34-32-30-28-26-20-18-16-14-12-10-8-6-4-2/h15,17,21-22,44,47-52,55-59H,3-14,16,18-20,23-43H2,1-2H3,(H,60,61)/b17-15-,22-21-. The third-order valence-corrected chi connectivity index (χ3v) is 13.5. The molecule has 0 aliphatic heterocycles. The Morgan fingerprint density at radius 3 is 1.23 bits per heavy atom. The summed E-state index contributed by atoms with van der Waals surface area (Å²) in [5.41, 5.74) is 0. The maximum absolute atomic E-state index is 12.9. The lowest BCUT2D eigenvalue weighted by molar-refractivity contribution is -0.220. The van der Waals surface area contributed by atoms with Crippen LogP contribution in [0.4, 0.5) is 0 Å². The maximum atomic E-state index is 12.9. The highest BCUT2D eigenvalue weighted by atomic mass is 31.2. The van der Waals surface area contributed by atoms with Gasteiger partial charge in [0.15, 0.2) is 6.10 Å². The Kier molecular flexibility index (Phi) is 39.9. The Balaban J connectivity index is 2.38. The van der Waals surface area contributed by atoms with Gasteiger partial charge in [0.2, 0.25) is 0 Å². The highest BCUT2D eigenvalue weighted by Crippen LogP contribution is 2.47. The Morgan fingerprint density at radius 2 is 0.818 bits per heavy atom. The minimum Gasteiger partial charge on any atom is -0.462 e. The van der Waals surface area contributed by atoms with Crippen LogP contribution in [0.5, 0.6) is 0 Å². The van der Waals surface area contributed by atoms with Gasteiger partial charge >= 0.3 is 19.8 Å². The number of carbonyl (C=O) groups is 2. The molecule has 0 aromatic carbocycles. The van der Waals surface area contributed by atoms with E-state index in [0.717, 1.165) is 57.8 Å². The lowest BCUT2D eigenvalue weighted by atomic mass is 9.85. The summed E-state index contributed by atoms with van der Waals surface area (Å²) in [6, 6.07) is 0. The molecule has 1 aliphatic rings. The number of esters is 2. The van der Waals surface area contributed by atoms with Gasteiger partial charge in [0.1, 0.15) is 43.2 Å². The van der Waals surface area contributed by atoms with E-state index < -0.39 is 75.7 Å². The normalized spacial score (nSPS) is 21.4. The van der Waals surface area contributed by atoms with Gasteiger partial charge in [-0.2, -0.15) is 0 Å². The van der Waals surface area contributed by atoms with E-state index in [4.69, 9.17) is 18.5 Å². The molecule has 1 rings (SSSR count). The molecule has 1 saturated carbocycles. The Morgan fingerprint density at radius 1 is 0.470 bits per heavy atom. The molecule has 0 aromatic heterocycles. The lowest BCUT2D eigenvalue weighted by Crippen LogP contribution is -2.64. The molecule has 6 N–H and O–H groups in total. The van der Waals surface area contributed by atoms with Gasteiger partial charge in [-0.05, 0) is 44.9 Å². The molecule has 388 valence electrons. The summed E-state index contributed by atoms with van der Waals surface area (Å²) in [6.07, 6.45) is 35.0. The van der Waals surface area contributed by atoms with Gasteiger partial charge in [-0.25, -0.2) is 4.57 Å². The van der Waals surface area contributed by atoms with Crippen LogP contribution < -0.4 is 0 Å². The lowest BCUT2D eigenvalue weighted by Gasteiger charge is -2.41. The topological polar surface area (TPSA) is 210 Å². The van der Waals surface area contributed by atoms with Gasteiger partial charge in [-0.3, -0.25) is 18.6 Å². The fourth-order valence-electron chi connectivity index (χ4n) is 8.26. The molecule has 66 heavy (non-hydrogen) atoms. The number of unbranched alkanes of at least 4 members (excludes halogenated alkanes) is 29. The number of hydrogen-bond donors (Lipinski definition) is 6. The van der Waals surface area contributed by atoms with Crippen molar-refractivity contribution in [1.82, 2.24) is 0 Å². The molecular formula is C52H97O13P. The number of ether oxygens (including phenoxy) is 2. The fraction of sp³-hybridized carbons (Fsp3) is 0.885. The van der Waals surface area contributed by atoms with E-state index in [-0.39, 0.29) is 12.8 Å². The molecular weight excluding hydrogens is 864 g/mol. The SMILES string of the molecule is CCCCCCC/C=C\C/C=C\CCCCCCCCCCCC(=O)OC(COC(=O)CCCCCCCCCCCCCCCCCC)COP(=O)(O)OC1C(O)C(O)C(O)C(O)C1O. The van der Waals surface area contributed by atoms with Crippen molar-refractivity contribution >= 4 is 19.8 Å². The maximum Gasteiger partial charge on any atom is 0.472 e. The van der Waals surface area contributed by atoms with Crippen LogP contribution in [0.1, 0.15) is 239 Å². The van der Waals surface area contributed by atoms with Crippen molar-refractivity contribution in [3.8, 4) is 0 Å². The van der Waals surface area contributed by atoms with Crippen LogP contribution in [0.15, 0.2) is 24.3 Å². The molecule has 13 nitrogen and oxygen atoms in total. The first-order valence-corrected chi connectivity index (χ1v) is 28.1. The Labute approximate surface area is 400 Å². The number of rotatable bonds is 45. The number of aliphatic hydroxyl groups is 5. The summed E-state index contributed by atoms with van der Waals surface area (Å²) < 4.78 is 33.7. The van der Waals surface area contributed by atoms with Gasteiger partial charge in [-0.15, -0.1) is 0 Å². The van der Waals surface area contributed by atoms with Gasteiger partial charge in [-0.1, -0.05) is 205 Å². The van der Waals surface area contributed by atoms with E-state index in [1.165, 1.54) is 141 Å². The second-order valence-electron chi connectivity index (χ2n) is 18.7. The summed E-state index contributed by atoms with van der Waals surface area (Å²) in [6.45, 7) is 3.33. The van der Waals surface area contributed by atoms with Crippen LogP contribution in [-0.2, 0) is 32.7 Å². The van der Waals surface area contributed by atoms with Crippen LogP contribution >= 0.6 is 7.82 Å². The van der Waals surface area contributed by atoms with E-state index in [9.17, 15) is 44.6 Å². The van der Waals surface area contributed by atoms with Crippen molar-refractivity contribution in [2.24, 2.45) is 0 Å². The molecule has 0 heterocycles. The summed E-state index contributed by atoms with van der Waals surface area (Å²) in [5, 5.41) is 50.3. The van der Waals surface area contributed by atoms with Crippen LogP contribution in [0.3, 0.4) is 0 Å². The molecule has 1 aliphatic carbocycles. The minimum absolute atomic E-state index is 0.0951. The van der Waals surface area contributed by atoms with Crippen molar-refractivity contribution in [2.45, 2.75) is 281 Å². The quantitative estimate of drug-likeness (QED) is 0.0145. The third kappa shape index (κ3) is 33.8. The predicted molar refractivity (Wildman–Crippen MR) is 263 cm³/mol. The predicted octanol–water partition coefficient (Wildman–Crippen LogP) is 11.6. The Bertz CT molecular complexity index is 1250. The Hall–Kier alpha value is -1.67. The van der Waals surface area contributed by atoms with Gasteiger partial charge in [0.25, 0.3) is 0 Å². The average Bonchev–Trinajstić information content (AvgIpc) is 3.30. The van der Waals surface area contributed by atoms with Gasteiger partial charge < -0.3 is 39.9 Å². The zero-order valence-corrected chi connectivity index (χ0v) is 42.4. The molecule has 0 amide bonds. The van der Waals surface area contributed by atoms with Crippen molar-refractivity contribution < 1.29 is 63.1 Å². The molecule has 6 atom stereocenters. The molecule has 6 unspecified atom stereocenters. The van der Waals surface area contributed by atoms with E-state index in [1.54, 1.807) is 0 Å². The van der Waals surface area contributed by atoms with Crippen LogP contribution in [0.25, 0.3) is 0 Å². The molecule has 0 aromatic rings. The number of carbonyl (C=O) groups excluding carboxylic acids is 2. The second-order valence-corrected chi connectivity index (χ2v) is 20.1. The zero-order chi connectivity index (χ0) is 48.5. The van der Waals surface area contributed by atoms with Crippen molar-refractivity contribution in [3.63, 3.8) is 0 Å². The second kappa shape index (κ2) is 42.2. The monoisotopic (exact) mass is 961 g/mol. The first kappa shape index (κ1) is 62.3. The minimum atomic E-state index is -5.12. The average molecular weight is 961 g/mol.